The van der Waals surface area contributed by atoms with Gasteiger partial charge >= 0.3 is 8.56 Å². The molecule has 0 heterocycles. The molecule has 0 radical (unpaired) electrons. The second-order valence-electron chi connectivity index (χ2n) is 3.26. The molecule has 0 saturated heterocycles. The zero-order valence-electron chi connectivity index (χ0n) is 10.8. The van der Waals surface area contributed by atoms with Crippen LogP contribution < -0.4 is 15.4 Å². The minimum atomic E-state index is -2.28. The van der Waals surface area contributed by atoms with Crippen LogP contribution in [0.5, 0.6) is 0 Å². The minimum Gasteiger partial charge on any atom is -0.307 e. The SMILES string of the molecule is CCC[Si](NOCC)(NOCC)NOCC. The Morgan fingerprint density at radius 3 is 1.38 bits per heavy atom. The third-order valence-electron chi connectivity index (χ3n) is 1.80. The van der Waals surface area contributed by atoms with Gasteiger partial charge in [-0.15, -0.1) is 0 Å². The Morgan fingerprint density at radius 2 is 1.12 bits per heavy atom. The van der Waals surface area contributed by atoms with Crippen molar-refractivity contribution in [3.63, 3.8) is 0 Å². The maximum atomic E-state index is 5.27. The van der Waals surface area contributed by atoms with E-state index in [-0.39, 0.29) is 0 Å². The Kier molecular flexibility index (Phi) is 10.1. The second kappa shape index (κ2) is 10.2. The predicted octanol–water partition coefficient (Wildman–Crippen LogP) is 0.959. The van der Waals surface area contributed by atoms with Gasteiger partial charge in [-0.05, 0) is 26.8 Å². The largest absolute Gasteiger partial charge is 0.352 e. The fourth-order valence-corrected chi connectivity index (χ4v) is 3.53. The zero-order valence-corrected chi connectivity index (χ0v) is 11.8. The standard InChI is InChI=1S/C9H25N3O3Si/c1-5-9-16(10-13-6-2,11-14-7-3)12-15-8-4/h10-12H,5-9H2,1-4H3. The van der Waals surface area contributed by atoms with E-state index in [1.54, 1.807) is 0 Å². The molecule has 0 amide bonds. The zero-order chi connectivity index (χ0) is 12.3. The summed E-state index contributed by atoms with van der Waals surface area (Å²) in [5, 5.41) is 9.06. The molecule has 0 saturated carbocycles. The third-order valence-corrected chi connectivity index (χ3v) is 4.53. The molecule has 0 aliphatic carbocycles. The van der Waals surface area contributed by atoms with E-state index in [9.17, 15) is 0 Å². The summed E-state index contributed by atoms with van der Waals surface area (Å²) in [5.41, 5.74) is 0. The van der Waals surface area contributed by atoms with Gasteiger partial charge in [0, 0.05) is 0 Å². The second-order valence-corrected chi connectivity index (χ2v) is 6.18. The van der Waals surface area contributed by atoms with Crippen LogP contribution in [0.4, 0.5) is 0 Å². The average molecular weight is 251 g/mol. The van der Waals surface area contributed by atoms with Gasteiger partial charge in [0.15, 0.2) is 0 Å². The van der Waals surface area contributed by atoms with Gasteiger partial charge in [-0.25, -0.2) is 0 Å². The first kappa shape index (κ1) is 16.0. The molecule has 7 heteroatoms. The highest BCUT2D eigenvalue weighted by atomic mass is 28.4. The summed E-state index contributed by atoms with van der Waals surface area (Å²) in [5.74, 6) is 0. The summed E-state index contributed by atoms with van der Waals surface area (Å²) >= 11 is 0. The molecule has 98 valence electrons. The quantitative estimate of drug-likeness (QED) is 0.375. The van der Waals surface area contributed by atoms with Crippen LogP contribution in [0.1, 0.15) is 34.1 Å². The third kappa shape index (κ3) is 6.54. The van der Waals surface area contributed by atoms with Gasteiger partial charge in [0.25, 0.3) is 0 Å². The highest BCUT2D eigenvalue weighted by Gasteiger charge is 2.35. The van der Waals surface area contributed by atoms with Crippen LogP contribution in [-0.4, -0.2) is 28.4 Å². The summed E-state index contributed by atoms with van der Waals surface area (Å²) < 4.78 is 0. The molecule has 0 aromatic heterocycles. The highest BCUT2D eigenvalue weighted by Crippen LogP contribution is 2.03. The lowest BCUT2D eigenvalue weighted by molar-refractivity contribution is 0.0236. The fourth-order valence-electron chi connectivity index (χ4n) is 1.18. The van der Waals surface area contributed by atoms with Crippen molar-refractivity contribution in [1.29, 1.82) is 0 Å². The minimum absolute atomic E-state index is 0.597. The van der Waals surface area contributed by atoms with Crippen LogP contribution in [0, 0.1) is 0 Å². The number of hydrogen-bond acceptors (Lipinski definition) is 6. The molecule has 0 aromatic rings. The topological polar surface area (TPSA) is 63.8 Å². The lowest BCUT2D eigenvalue weighted by Crippen LogP contribution is -2.71. The molecule has 0 atom stereocenters. The molecular weight excluding hydrogens is 226 g/mol. The van der Waals surface area contributed by atoms with Crippen molar-refractivity contribution < 1.29 is 14.5 Å². The molecule has 3 N–H and O–H groups in total. The van der Waals surface area contributed by atoms with Crippen molar-refractivity contribution in [3.05, 3.63) is 0 Å². The molecule has 0 aliphatic heterocycles. The Bertz CT molecular complexity index is 141. The Balaban J connectivity index is 4.32. The normalized spacial score (nSPS) is 12.0. The van der Waals surface area contributed by atoms with Crippen molar-refractivity contribution in [3.8, 4) is 0 Å². The average Bonchev–Trinajstić information content (AvgIpc) is 2.31. The summed E-state index contributed by atoms with van der Waals surface area (Å²) in [4.78, 5) is 15.8. The first-order valence-electron chi connectivity index (χ1n) is 5.91. The predicted molar refractivity (Wildman–Crippen MR) is 65.1 cm³/mol. The van der Waals surface area contributed by atoms with Gasteiger partial charge in [0.05, 0.1) is 19.8 Å². The molecular formula is C9H25N3O3Si. The van der Waals surface area contributed by atoms with Crippen molar-refractivity contribution in [2.75, 3.05) is 19.8 Å². The Morgan fingerprint density at radius 1 is 0.750 bits per heavy atom. The van der Waals surface area contributed by atoms with Crippen molar-refractivity contribution >= 4 is 8.56 Å². The first-order chi connectivity index (χ1) is 7.74. The maximum Gasteiger partial charge on any atom is 0.352 e. The van der Waals surface area contributed by atoms with Gasteiger partial charge in [0.2, 0.25) is 0 Å². The van der Waals surface area contributed by atoms with Gasteiger partial charge < -0.3 is 14.5 Å². The number of nitrogens with one attached hydrogen (secondary N) is 3. The van der Waals surface area contributed by atoms with Crippen LogP contribution in [0.3, 0.4) is 0 Å². The summed E-state index contributed by atoms with van der Waals surface area (Å²) in [6.45, 7) is 9.69. The van der Waals surface area contributed by atoms with E-state index >= 15 is 0 Å². The summed E-state index contributed by atoms with van der Waals surface area (Å²) in [7, 11) is -2.28. The molecule has 0 aromatic carbocycles. The molecule has 0 aliphatic rings. The molecule has 0 unspecified atom stereocenters. The smallest absolute Gasteiger partial charge is 0.307 e. The molecule has 16 heavy (non-hydrogen) atoms. The number of rotatable bonds is 11. The monoisotopic (exact) mass is 251 g/mol. The molecule has 6 nitrogen and oxygen atoms in total. The molecule has 0 fully saturated rings. The number of hydrogen-bond donors (Lipinski definition) is 3. The van der Waals surface area contributed by atoms with Crippen LogP contribution >= 0.6 is 0 Å². The van der Waals surface area contributed by atoms with Gasteiger partial charge in [0.1, 0.15) is 0 Å². The van der Waals surface area contributed by atoms with Gasteiger partial charge in [-0.2, -0.15) is 15.4 Å². The van der Waals surface area contributed by atoms with E-state index in [2.05, 4.69) is 22.4 Å². The maximum absolute atomic E-state index is 5.27. The van der Waals surface area contributed by atoms with E-state index in [1.165, 1.54) is 0 Å². The highest BCUT2D eigenvalue weighted by molar-refractivity contribution is 6.71. The molecule has 0 bridgehead atoms. The molecule has 0 spiro atoms. The van der Waals surface area contributed by atoms with Crippen LogP contribution in [-0.2, 0) is 14.5 Å². The summed E-state index contributed by atoms with van der Waals surface area (Å²) in [6.07, 6.45) is 1.01. The summed E-state index contributed by atoms with van der Waals surface area (Å²) in [6, 6.07) is 0.896. The van der Waals surface area contributed by atoms with Crippen LogP contribution in [0.15, 0.2) is 0 Å². The van der Waals surface area contributed by atoms with Gasteiger partial charge in [-0.3, -0.25) is 0 Å². The van der Waals surface area contributed by atoms with Crippen molar-refractivity contribution in [2.24, 2.45) is 0 Å². The lowest BCUT2D eigenvalue weighted by atomic mass is 10.6. The lowest BCUT2D eigenvalue weighted by Gasteiger charge is -2.31. The Hall–Kier alpha value is -0.0231. The molecule has 0 rings (SSSR count). The van der Waals surface area contributed by atoms with Crippen LogP contribution in [0.25, 0.3) is 0 Å². The first-order valence-corrected chi connectivity index (χ1v) is 8.12. The van der Waals surface area contributed by atoms with Gasteiger partial charge in [-0.1, -0.05) is 13.3 Å². The van der Waals surface area contributed by atoms with Crippen LogP contribution in [0.2, 0.25) is 6.04 Å². The van der Waals surface area contributed by atoms with E-state index in [0.717, 1.165) is 12.5 Å². The Labute approximate surface area is 99.1 Å². The fraction of sp³-hybridized carbons (Fsp3) is 1.00. The van der Waals surface area contributed by atoms with E-state index in [4.69, 9.17) is 14.5 Å². The van der Waals surface area contributed by atoms with E-state index in [0.29, 0.717) is 19.8 Å². The van der Waals surface area contributed by atoms with E-state index in [1.807, 2.05) is 20.8 Å². The van der Waals surface area contributed by atoms with Crippen molar-refractivity contribution in [1.82, 2.24) is 15.4 Å². The van der Waals surface area contributed by atoms with Crippen molar-refractivity contribution in [2.45, 2.75) is 40.2 Å². The van der Waals surface area contributed by atoms with E-state index < -0.39 is 8.56 Å².